The van der Waals surface area contributed by atoms with Crippen molar-refractivity contribution in [1.82, 2.24) is 4.90 Å². The van der Waals surface area contributed by atoms with Gasteiger partial charge in [-0.2, -0.15) is 0 Å². The van der Waals surface area contributed by atoms with Crippen LogP contribution in [0.25, 0.3) is 0 Å². The summed E-state index contributed by atoms with van der Waals surface area (Å²) in [7, 11) is 0. The Kier molecular flexibility index (Phi) is 7.79. The summed E-state index contributed by atoms with van der Waals surface area (Å²) in [6.07, 6.45) is 0.504. The Morgan fingerprint density at radius 1 is 1.25 bits per heavy atom. The normalized spacial score (nSPS) is 13.2. The fraction of sp³-hybridized carbons (Fsp3) is 0.867. The van der Waals surface area contributed by atoms with Gasteiger partial charge in [-0.1, -0.05) is 20.8 Å². The van der Waals surface area contributed by atoms with Gasteiger partial charge in [0.2, 0.25) is 5.91 Å². The summed E-state index contributed by atoms with van der Waals surface area (Å²) < 4.78 is 5.05. The van der Waals surface area contributed by atoms with Crippen LogP contribution in [0.15, 0.2) is 0 Å². The van der Waals surface area contributed by atoms with Crippen molar-refractivity contribution in [3.05, 3.63) is 0 Å². The molecule has 0 aliphatic heterocycles. The number of carbonyl (C=O) groups is 2. The lowest BCUT2D eigenvalue weighted by Gasteiger charge is -2.35. The predicted octanol–water partition coefficient (Wildman–Crippen LogP) is 1.83. The quantitative estimate of drug-likeness (QED) is 0.573. The first-order valence-electron chi connectivity index (χ1n) is 7.24. The third kappa shape index (κ3) is 5.49. The first-order chi connectivity index (χ1) is 9.16. The van der Waals surface area contributed by atoms with E-state index >= 15 is 0 Å². The third-order valence-electron chi connectivity index (χ3n) is 3.10. The topological polar surface area (TPSA) is 66.8 Å². The zero-order chi connectivity index (χ0) is 15.9. The van der Waals surface area contributed by atoms with Crippen LogP contribution in [0.1, 0.15) is 48.0 Å². The largest absolute Gasteiger partial charge is 0.465 e. The van der Waals surface area contributed by atoms with E-state index in [0.29, 0.717) is 13.0 Å². The highest BCUT2D eigenvalue weighted by atomic mass is 16.5. The van der Waals surface area contributed by atoms with E-state index < -0.39 is 17.3 Å². The molecule has 0 aliphatic rings. The molecular formula is C15H29NO4. The highest BCUT2D eigenvalue weighted by molar-refractivity contribution is 5.98. The second kappa shape index (κ2) is 8.25. The van der Waals surface area contributed by atoms with Crippen LogP contribution in [0.5, 0.6) is 0 Å². The minimum absolute atomic E-state index is 0.0201. The predicted molar refractivity (Wildman–Crippen MR) is 78.1 cm³/mol. The van der Waals surface area contributed by atoms with Gasteiger partial charge in [-0.15, -0.1) is 0 Å². The maximum absolute atomic E-state index is 12.7. The number of carbonyl (C=O) groups excluding carboxylic acids is 2. The number of hydrogen-bond donors (Lipinski definition) is 1. The van der Waals surface area contributed by atoms with E-state index in [9.17, 15) is 9.59 Å². The van der Waals surface area contributed by atoms with Gasteiger partial charge in [-0.05, 0) is 32.6 Å². The summed E-state index contributed by atoms with van der Waals surface area (Å²) in [5.74, 6) is -1.51. The molecule has 0 aromatic rings. The van der Waals surface area contributed by atoms with Crippen LogP contribution >= 0.6 is 0 Å². The van der Waals surface area contributed by atoms with Crippen molar-refractivity contribution < 1.29 is 19.4 Å². The van der Waals surface area contributed by atoms with Gasteiger partial charge in [0.1, 0.15) is 5.92 Å². The molecule has 0 saturated carbocycles. The second-order valence-corrected chi connectivity index (χ2v) is 6.25. The highest BCUT2D eigenvalue weighted by Gasteiger charge is 2.41. The number of hydrogen-bond acceptors (Lipinski definition) is 4. The van der Waals surface area contributed by atoms with Crippen molar-refractivity contribution in [2.45, 2.75) is 54.0 Å². The van der Waals surface area contributed by atoms with Gasteiger partial charge in [-0.25, -0.2) is 0 Å². The van der Waals surface area contributed by atoms with E-state index in [4.69, 9.17) is 9.84 Å². The number of aliphatic hydroxyl groups excluding tert-OH is 1. The average Bonchev–Trinajstić information content (AvgIpc) is 2.27. The lowest BCUT2D eigenvalue weighted by atomic mass is 9.79. The molecule has 0 rings (SSSR count). The van der Waals surface area contributed by atoms with Gasteiger partial charge >= 0.3 is 5.97 Å². The molecule has 20 heavy (non-hydrogen) atoms. The molecule has 0 spiro atoms. The molecular weight excluding hydrogens is 258 g/mol. The van der Waals surface area contributed by atoms with E-state index in [1.807, 2.05) is 34.6 Å². The van der Waals surface area contributed by atoms with Gasteiger partial charge in [-0.3, -0.25) is 9.59 Å². The number of rotatable bonds is 7. The number of nitrogens with zero attached hydrogens (tertiary/aromatic N) is 1. The van der Waals surface area contributed by atoms with Crippen molar-refractivity contribution in [1.29, 1.82) is 0 Å². The van der Waals surface area contributed by atoms with E-state index in [0.717, 1.165) is 0 Å². The van der Waals surface area contributed by atoms with Crippen molar-refractivity contribution in [2.24, 2.45) is 11.3 Å². The molecule has 1 N–H and O–H groups in total. The van der Waals surface area contributed by atoms with Crippen molar-refractivity contribution in [3.8, 4) is 0 Å². The Hall–Kier alpha value is -1.10. The summed E-state index contributed by atoms with van der Waals surface area (Å²) in [6.45, 7) is 11.8. The van der Waals surface area contributed by atoms with Crippen LogP contribution in [0.4, 0.5) is 0 Å². The Morgan fingerprint density at radius 3 is 2.15 bits per heavy atom. The Labute approximate surface area is 122 Å². The average molecular weight is 287 g/mol. The molecule has 0 saturated heterocycles. The maximum Gasteiger partial charge on any atom is 0.319 e. The summed E-state index contributed by atoms with van der Waals surface area (Å²) >= 11 is 0. The molecule has 118 valence electrons. The Balaban J connectivity index is 5.23. The molecule has 1 atom stereocenters. The first-order valence-corrected chi connectivity index (χ1v) is 7.24. The number of aliphatic hydroxyl groups is 1. The first kappa shape index (κ1) is 18.9. The molecule has 0 radical (unpaired) electrons. The van der Waals surface area contributed by atoms with Crippen molar-refractivity contribution in [2.75, 3.05) is 19.8 Å². The molecule has 0 heterocycles. The molecule has 0 aromatic heterocycles. The number of esters is 1. The molecule has 5 nitrogen and oxygen atoms in total. The third-order valence-corrected chi connectivity index (χ3v) is 3.10. The molecule has 0 aromatic carbocycles. The fourth-order valence-corrected chi connectivity index (χ4v) is 2.08. The molecule has 0 aliphatic carbocycles. The lowest BCUT2D eigenvalue weighted by Crippen LogP contribution is -2.48. The molecule has 0 bridgehead atoms. The van der Waals surface area contributed by atoms with Gasteiger partial charge in [0, 0.05) is 19.2 Å². The van der Waals surface area contributed by atoms with Crippen LogP contribution < -0.4 is 0 Å². The van der Waals surface area contributed by atoms with E-state index in [1.165, 1.54) is 0 Å². The molecule has 1 amide bonds. The maximum atomic E-state index is 12.7. The van der Waals surface area contributed by atoms with Crippen molar-refractivity contribution >= 4 is 11.9 Å². The number of ether oxygens (including phenoxy) is 1. The molecule has 0 fully saturated rings. The Morgan fingerprint density at radius 2 is 1.80 bits per heavy atom. The van der Waals surface area contributed by atoms with E-state index in [2.05, 4.69) is 0 Å². The minimum Gasteiger partial charge on any atom is -0.465 e. The fourth-order valence-electron chi connectivity index (χ4n) is 2.08. The second-order valence-electron chi connectivity index (χ2n) is 6.25. The zero-order valence-electron chi connectivity index (χ0n) is 13.6. The summed E-state index contributed by atoms with van der Waals surface area (Å²) in [5, 5.41) is 8.94. The summed E-state index contributed by atoms with van der Waals surface area (Å²) in [6, 6.07) is -0.0201. The van der Waals surface area contributed by atoms with Gasteiger partial charge < -0.3 is 14.7 Å². The van der Waals surface area contributed by atoms with Gasteiger partial charge in [0.15, 0.2) is 0 Å². The SMILES string of the molecule is CCOC(=O)C(C(=O)N(CCCO)C(C)C)C(C)(C)C. The van der Waals surface area contributed by atoms with Crippen LogP contribution in [0.3, 0.4) is 0 Å². The van der Waals surface area contributed by atoms with Crippen LogP contribution in [-0.4, -0.2) is 47.7 Å². The van der Waals surface area contributed by atoms with Crippen molar-refractivity contribution in [3.63, 3.8) is 0 Å². The summed E-state index contributed by atoms with van der Waals surface area (Å²) in [5.41, 5.74) is -0.504. The molecule has 1 unspecified atom stereocenters. The summed E-state index contributed by atoms with van der Waals surface area (Å²) in [4.78, 5) is 26.5. The number of amides is 1. The minimum atomic E-state index is -0.816. The van der Waals surface area contributed by atoms with E-state index in [1.54, 1.807) is 11.8 Å². The lowest BCUT2D eigenvalue weighted by molar-refractivity contribution is -0.161. The van der Waals surface area contributed by atoms with Gasteiger partial charge in [0.25, 0.3) is 0 Å². The highest BCUT2D eigenvalue weighted by Crippen LogP contribution is 2.29. The Bertz CT molecular complexity index is 320. The molecule has 5 heteroatoms. The van der Waals surface area contributed by atoms with Crippen LogP contribution in [0.2, 0.25) is 0 Å². The van der Waals surface area contributed by atoms with Crippen LogP contribution in [-0.2, 0) is 14.3 Å². The van der Waals surface area contributed by atoms with Gasteiger partial charge in [0.05, 0.1) is 6.61 Å². The monoisotopic (exact) mass is 287 g/mol. The van der Waals surface area contributed by atoms with E-state index in [-0.39, 0.29) is 25.2 Å². The standard InChI is InChI=1S/C15H29NO4/c1-7-20-14(19)12(15(4,5)6)13(18)16(11(2)3)9-8-10-17/h11-12,17H,7-10H2,1-6H3. The van der Waals surface area contributed by atoms with Crippen LogP contribution in [0, 0.1) is 11.3 Å². The zero-order valence-corrected chi connectivity index (χ0v) is 13.6. The smallest absolute Gasteiger partial charge is 0.319 e.